The van der Waals surface area contributed by atoms with Crippen LogP contribution in [0.5, 0.6) is 0 Å². The summed E-state index contributed by atoms with van der Waals surface area (Å²) in [5.41, 5.74) is 6.90. The van der Waals surface area contributed by atoms with Gasteiger partial charge in [-0.25, -0.2) is 0 Å². The van der Waals surface area contributed by atoms with Crippen LogP contribution in [-0.2, 0) is 11.3 Å². The minimum absolute atomic E-state index is 0. The molecule has 1 aromatic carbocycles. The largest absolute Gasteiger partial charge is 0.337 e. The van der Waals surface area contributed by atoms with Gasteiger partial charge in [0.25, 0.3) is 0 Å². The first-order valence-electron chi connectivity index (χ1n) is 8.34. The van der Waals surface area contributed by atoms with Crippen LogP contribution in [0.3, 0.4) is 0 Å². The highest BCUT2D eigenvalue weighted by Gasteiger charge is 2.24. The molecule has 1 aliphatic carbocycles. The smallest absolute Gasteiger partial charge is 0.226 e. The highest BCUT2D eigenvalue weighted by molar-refractivity contribution is 5.85. The second-order valence-electron chi connectivity index (χ2n) is 6.08. The van der Waals surface area contributed by atoms with E-state index in [1.807, 2.05) is 23.1 Å². The molecule has 0 unspecified atom stereocenters. The lowest BCUT2D eigenvalue weighted by molar-refractivity contribution is -0.136. The zero-order valence-electron chi connectivity index (χ0n) is 13.4. The Morgan fingerprint density at radius 3 is 2.23 bits per heavy atom. The van der Waals surface area contributed by atoms with Gasteiger partial charge in [-0.3, -0.25) is 4.79 Å². The van der Waals surface area contributed by atoms with Gasteiger partial charge >= 0.3 is 0 Å². The maximum absolute atomic E-state index is 12.8. The number of rotatable bonds is 5. The van der Waals surface area contributed by atoms with Gasteiger partial charge in [0.2, 0.25) is 5.91 Å². The Morgan fingerprint density at radius 2 is 1.64 bits per heavy atom. The number of benzene rings is 1. The van der Waals surface area contributed by atoms with E-state index in [0.29, 0.717) is 25.5 Å². The number of halogens is 1. The lowest BCUT2D eigenvalue weighted by atomic mass is 9.90. The van der Waals surface area contributed by atoms with Crippen LogP contribution in [0.15, 0.2) is 30.3 Å². The lowest BCUT2D eigenvalue weighted by Crippen LogP contribution is -2.39. The molecule has 0 aliphatic heterocycles. The Kier molecular flexibility index (Phi) is 9.17. The molecule has 0 heterocycles. The van der Waals surface area contributed by atoms with Gasteiger partial charge in [-0.1, -0.05) is 62.4 Å². The first kappa shape index (κ1) is 19.0. The Balaban J connectivity index is 0.00000242. The zero-order valence-corrected chi connectivity index (χ0v) is 14.2. The van der Waals surface area contributed by atoms with E-state index >= 15 is 0 Å². The monoisotopic (exact) mass is 324 g/mol. The summed E-state index contributed by atoms with van der Waals surface area (Å²) in [5.74, 6) is 0.520. The number of nitrogens with two attached hydrogens (primary N) is 1. The summed E-state index contributed by atoms with van der Waals surface area (Å²) in [6, 6.07) is 10.2. The molecule has 0 radical (unpaired) electrons. The summed E-state index contributed by atoms with van der Waals surface area (Å²) in [7, 11) is 0. The van der Waals surface area contributed by atoms with Crippen molar-refractivity contribution in [2.75, 3.05) is 13.1 Å². The summed E-state index contributed by atoms with van der Waals surface area (Å²) in [6.45, 7) is 1.88. The van der Waals surface area contributed by atoms with Crippen molar-refractivity contribution in [3.63, 3.8) is 0 Å². The molecule has 3 nitrogen and oxygen atoms in total. The zero-order chi connectivity index (χ0) is 14.9. The van der Waals surface area contributed by atoms with Crippen molar-refractivity contribution in [2.24, 2.45) is 11.7 Å². The number of hydrogen-bond donors (Lipinski definition) is 1. The molecule has 1 aliphatic rings. The molecule has 1 aromatic rings. The maximum Gasteiger partial charge on any atom is 0.226 e. The van der Waals surface area contributed by atoms with E-state index in [4.69, 9.17) is 5.73 Å². The van der Waals surface area contributed by atoms with Crippen molar-refractivity contribution in [1.82, 2.24) is 4.90 Å². The summed E-state index contributed by atoms with van der Waals surface area (Å²) in [4.78, 5) is 14.8. The minimum atomic E-state index is 0. The van der Waals surface area contributed by atoms with Crippen molar-refractivity contribution in [3.05, 3.63) is 35.9 Å². The van der Waals surface area contributed by atoms with E-state index in [1.165, 1.54) is 37.7 Å². The van der Waals surface area contributed by atoms with E-state index < -0.39 is 0 Å². The fraction of sp³-hybridized carbons (Fsp3) is 0.611. The number of hydrogen-bond acceptors (Lipinski definition) is 2. The SMILES string of the molecule is Cl.NCCN(Cc1ccccc1)C(=O)C1CCCCCCC1. The van der Waals surface area contributed by atoms with E-state index in [9.17, 15) is 4.79 Å². The quantitative estimate of drug-likeness (QED) is 0.896. The van der Waals surface area contributed by atoms with E-state index in [2.05, 4.69) is 12.1 Å². The molecule has 124 valence electrons. The molecule has 1 amide bonds. The molecule has 2 N–H and O–H groups in total. The molecule has 1 fully saturated rings. The van der Waals surface area contributed by atoms with Crippen LogP contribution in [0.25, 0.3) is 0 Å². The van der Waals surface area contributed by atoms with Gasteiger partial charge in [-0.2, -0.15) is 0 Å². The first-order chi connectivity index (χ1) is 10.3. The number of carbonyl (C=O) groups excluding carboxylic acids is 1. The second kappa shape index (κ2) is 10.6. The van der Waals surface area contributed by atoms with Gasteiger partial charge in [0.15, 0.2) is 0 Å². The molecule has 22 heavy (non-hydrogen) atoms. The van der Waals surface area contributed by atoms with Gasteiger partial charge in [0, 0.05) is 25.6 Å². The van der Waals surface area contributed by atoms with E-state index in [0.717, 1.165) is 12.8 Å². The van der Waals surface area contributed by atoms with Crippen LogP contribution >= 0.6 is 12.4 Å². The van der Waals surface area contributed by atoms with Crippen molar-refractivity contribution in [2.45, 2.75) is 51.5 Å². The molecule has 0 spiro atoms. The molecule has 0 bridgehead atoms. The highest BCUT2D eigenvalue weighted by Crippen LogP contribution is 2.24. The Morgan fingerprint density at radius 1 is 1.05 bits per heavy atom. The Bertz CT molecular complexity index is 416. The van der Waals surface area contributed by atoms with Crippen molar-refractivity contribution >= 4 is 18.3 Å². The summed E-state index contributed by atoms with van der Waals surface area (Å²) >= 11 is 0. The molecule has 2 rings (SSSR count). The molecule has 0 atom stereocenters. The van der Waals surface area contributed by atoms with Crippen LogP contribution in [0.4, 0.5) is 0 Å². The molecule has 4 heteroatoms. The van der Waals surface area contributed by atoms with Gasteiger partial charge in [-0.15, -0.1) is 12.4 Å². The number of carbonyl (C=O) groups is 1. The fourth-order valence-electron chi connectivity index (χ4n) is 3.19. The van der Waals surface area contributed by atoms with Crippen LogP contribution < -0.4 is 5.73 Å². The predicted molar refractivity (Wildman–Crippen MR) is 94.0 cm³/mol. The minimum Gasteiger partial charge on any atom is -0.337 e. The van der Waals surface area contributed by atoms with Crippen molar-refractivity contribution < 1.29 is 4.79 Å². The first-order valence-corrected chi connectivity index (χ1v) is 8.34. The molecular formula is C18H29ClN2O. The maximum atomic E-state index is 12.8. The van der Waals surface area contributed by atoms with E-state index in [1.54, 1.807) is 0 Å². The Labute approximate surface area is 140 Å². The average Bonchev–Trinajstić information content (AvgIpc) is 2.47. The molecular weight excluding hydrogens is 296 g/mol. The van der Waals surface area contributed by atoms with Crippen LogP contribution in [-0.4, -0.2) is 23.9 Å². The fourth-order valence-corrected chi connectivity index (χ4v) is 3.19. The summed E-state index contributed by atoms with van der Waals surface area (Å²) < 4.78 is 0. The van der Waals surface area contributed by atoms with E-state index in [-0.39, 0.29) is 18.3 Å². The third kappa shape index (κ3) is 5.98. The van der Waals surface area contributed by atoms with Gasteiger partial charge in [0.1, 0.15) is 0 Å². The topological polar surface area (TPSA) is 46.3 Å². The molecule has 0 aromatic heterocycles. The lowest BCUT2D eigenvalue weighted by Gasteiger charge is -2.28. The summed E-state index contributed by atoms with van der Waals surface area (Å²) in [6.07, 6.45) is 8.37. The van der Waals surface area contributed by atoms with Gasteiger partial charge in [0.05, 0.1) is 0 Å². The molecule has 0 saturated heterocycles. The predicted octanol–water partition coefficient (Wildman–Crippen LogP) is 3.76. The Hall–Kier alpha value is -1.06. The summed E-state index contributed by atoms with van der Waals surface area (Å²) in [5, 5.41) is 0. The normalized spacial score (nSPS) is 16.2. The van der Waals surface area contributed by atoms with Crippen LogP contribution in [0.1, 0.15) is 50.5 Å². The van der Waals surface area contributed by atoms with Crippen LogP contribution in [0, 0.1) is 5.92 Å². The van der Waals surface area contributed by atoms with Crippen molar-refractivity contribution in [1.29, 1.82) is 0 Å². The third-order valence-electron chi connectivity index (χ3n) is 4.38. The van der Waals surface area contributed by atoms with Crippen LogP contribution in [0.2, 0.25) is 0 Å². The molecule has 1 saturated carbocycles. The van der Waals surface area contributed by atoms with Crippen molar-refractivity contribution in [3.8, 4) is 0 Å². The second-order valence-corrected chi connectivity index (χ2v) is 6.08. The number of nitrogens with zero attached hydrogens (tertiary/aromatic N) is 1. The van der Waals surface area contributed by atoms with Gasteiger partial charge in [-0.05, 0) is 18.4 Å². The highest BCUT2D eigenvalue weighted by atomic mass is 35.5. The average molecular weight is 325 g/mol. The third-order valence-corrected chi connectivity index (χ3v) is 4.38. The number of amides is 1. The standard InChI is InChI=1S/C18H28N2O.ClH/c19-13-14-20(15-16-9-5-4-6-10-16)18(21)17-11-7-2-1-3-8-12-17;/h4-6,9-10,17H,1-3,7-8,11-15,19H2;1H. The van der Waals surface area contributed by atoms with Gasteiger partial charge < -0.3 is 10.6 Å².